The number of alkyl halides is 1. The van der Waals surface area contributed by atoms with Gasteiger partial charge in [-0.15, -0.1) is 11.6 Å². The van der Waals surface area contributed by atoms with Gasteiger partial charge in [-0.05, 0) is 41.9 Å². The van der Waals surface area contributed by atoms with Crippen LogP contribution >= 0.6 is 11.6 Å². The van der Waals surface area contributed by atoms with Crippen molar-refractivity contribution in [1.29, 1.82) is 0 Å². The Kier molecular flexibility index (Phi) is 3.76. The van der Waals surface area contributed by atoms with Crippen molar-refractivity contribution >= 4 is 23.2 Å². The number of nitrogens with zero attached hydrogens (tertiary/aromatic N) is 1. The van der Waals surface area contributed by atoms with Gasteiger partial charge in [-0.1, -0.05) is 31.9 Å². The molecule has 1 aromatic rings. The lowest BCUT2D eigenvalue weighted by Gasteiger charge is -2.28. The van der Waals surface area contributed by atoms with Crippen LogP contribution in [-0.4, -0.2) is 13.0 Å². The number of amides is 1. The molecule has 1 aliphatic carbocycles. The van der Waals surface area contributed by atoms with Gasteiger partial charge in [-0.3, -0.25) is 4.79 Å². The lowest BCUT2D eigenvalue weighted by molar-refractivity contribution is -0.118. The van der Waals surface area contributed by atoms with E-state index in [9.17, 15) is 4.79 Å². The summed E-state index contributed by atoms with van der Waals surface area (Å²) in [5.41, 5.74) is 3.54. The second-order valence-electron chi connectivity index (χ2n) is 6.31. The van der Waals surface area contributed by atoms with E-state index in [4.69, 9.17) is 11.6 Å². The van der Waals surface area contributed by atoms with Gasteiger partial charge in [0.25, 0.3) is 0 Å². The molecule has 3 rings (SSSR count). The summed E-state index contributed by atoms with van der Waals surface area (Å²) in [4.78, 5) is 13.5. The first-order chi connectivity index (χ1) is 9.58. The van der Waals surface area contributed by atoms with Gasteiger partial charge in [0.1, 0.15) is 0 Å². The quantitative estimate of drug-likeness (QED) is 0.744. The first-order valence-corrected chi connectivity index (χ1v) is 8.05. The van der Waals surface area contributed by atoms with Crippen LogP contribution in [0.25, 0.3) is 0 Å². The predicted octanol–water partition coefficient (Wildman–Crippen LogP) is 4.31. The van der Waals surface area contributed by atoms with Crippen LogP contribution in [0.15, 0.2) is 18.2 Å². The van der Waals surface area contributed by atoms with Gasteiger partial charge >= 0.3 is 0 Å². The summed E-state index contributed by atoms with van der Waals surface area (Å²) in [7, 11) is 1.86. The van der Waals surface area contributed by atoms with Crippen molar-refractivity contribution in [3.8, 4) is 0 Å². The highest BCUT2D eigenvalue weighted by molar-refractivity contribution is 6.21. The highest BCUT2D eigenvalue weighted by atomic mass is 35.5. The Bertz CT molecular complexity index is 528. The summed E-state index contributed by atoms with van der Waals surface area (Å²) in [6, 6.07) is 6.40. The molecule has 0 radical (unpaired) electrons. The minimum Gasteiger partial charge on any atom is -0.315 e. The topological polar surface area (TPSA) is 20.3 Å². The molecule has 0 saturated heterocycles. The fourth-order valence-electron chi connectivity index (χ4n) is 3.70. The lowest BCUT2D eigenvalue weighted by atomic mass is 9.88. The van der Waals surface area contributed by atoms with E-state index in [1.807, 2.05) is 7.05 Å². The van der Waals surface area contributed by atoms with Crippen molar-refractivity contribution in [3.63, 3.8) is 0 Å². The zero-order valence-electron chi connectivity index (χ0n) is 12.2. The first-order valence-electron chi connectivity index (χ1n) is 7.61. The number of hydrogen-bond acceptors (Lipinski definition) is 1. The average Bonchev–Trinajstić information content (AvgIpc) is 2.88. The van der Waals surface area contributed by atoms with Gasteiger partial charge in [0, 0.05) is 19.2 Å². The smallest absolute Gasteiger partial charge is 0.227 e. The van der Waals surface area contributed by atoms with Crippen LogP contribution in [-0.2, 0) is 11.2 Å². The molecule has 0 aromatic heterocycles. The van der Waals surface area contributed by atoms with Crippen LogP contribution in [0.4, 0.5) is 5.69 Å². The van der Waals surface area contributed by atoms with Crippen LogP contribution in [0.1, 0.15) is 49.1 Å². The molecule has 0 bridgehead atoms. The molecule has 3 unspecified atom stereocenters. The maximum atomic E-state index is 11.7. The molecule has 108 valence electrons. The minimum absolute atomic E-state index is 0.112. The van der Waals surface area contributed by atoms with Crippen molar-refractivity contribution in [3.05, 3.63) is 29.3 Å². The molecule has 1 aliphatic heterocycles. The van der Waals surface area contributed by atoms with E-state index in [-0.39, 0.29) is 11.3 Å². The van der Waals surface area contributed by atoms with Crippen molar-refractivity contribution in [2.75, 3.05) is 11.9 Å². The van der Waals surface area contributed by atoms with E-state index in [1.54, 1.807) is 4.90 Å². The number of carbonyl (C=O) groups is 1. The summed E-state index contributed by atoms with van der Waals surface area (Å²) >= 11 is 6.73. The molecule has 1 heterocycles. The molecule has 0 spiro atoms. The second kappa shape index (κ2) is 5.40. The molecule has 0 N–H and O–H groups in total. The van der Waals surface area contributed by atoms with Crippen LogP contribution in [0.3, 0.4) is 0 Å². The van der Waals surface area contributed by atoms with Crippen molar-refractivity contribution in [1.82, 2.24) is 0 Å². The zero-order chi connectivity index (χ0) is 14.3. The Morgan fingerprint density at radius 2 is 2.10 bits per heavy atom. The number of hydrogen-bond donors (Lipinski definition) is 0. The van der Waals surface area contributed by atoms with Gasteiger partial charge in [0.05, 0.1) is 5.38 Å². The molecule has 2 aliphatic rings. The Morgan fingerprint density at radius 3 is 2.80 bits per heavy atom. The van der Waals surface area contributed by atoms with E-state index in [1.165, 1.54) is 30.4 Å². The molecular formula is C17H22ClNO. The molecule has 3 heteroatoms. The molecule has 1 fully saturated rings. The van der Waals surface area contributed by atoms with Crippen LogP contribution in [0.2, 0.25) is 0 Å². The standard InChI is InChI=1S/C17H22ClNO/c1-11-4-3-5-14(11)17(18)13-6-8-15-12(10-13)7-9-16(20)19(15)2/h6,8,10-11,14,17H,3-5,7,9H2,1-2H3. The van der Waals surface area contributed by atoms with Gasteiger partial charge in [-0.25, -0.2) is 0 Å². The number of rotatable bonds is 2. The highest BCUT2D eigenvalue weighted by Gasteiger charge is 2.31. The molecule has 2 nitrogen and oxygen atoms in total. The molecule has 1 amide bonds. The maximum Gasteiger partial charge on any atom is 0.227 e. The van der Waals surface area contributed by atoms with E-state index in [2.05, 4.69) is 25.1 Å². The third kappa shape index (κ3) is 2.35. The normalized spacial score (nSPS) is 27.6. The van der Waals surface area contributed by atoms with Crippen molar-refractivity contribution in [2.45, 2.75) is 44.4 Å². The number of carbonyl (C=O) groups excluding carboxylic acids is 1. The average molecular weight is 292 g/mol. The predicted molar refractivity (Wildman–Crippen MR) is 83.3 cm³/mol. The summed E-state index contributed by atoms with van der Waals surface area (Å²) in [5.74, 6) is 1.52. The Labute approximate surface area is 126 Å². The summed E-state index contributed by atoms with van der Waals surface area (Å²) in [6.45, 7) is 2.32. The van der Waals surface area contributed by atoms with E-state index in [0.29, 0.717) is 12.3 Å². The van der Waals surface area contributed by atoms with Crippen LogP contribution < -0.4 is 4.90 Å². The number of aryl methyl sites for hydroxylation is 1. The summed E-state index contributed by atoms with van der Waals surface area (Å²) < 4.78 is 0. The number of anilines is 1. The van der Waals surface area contributed by atoms with Gasteiger partial charge in [0.2, 0.25) is 5.91 Å². The maximum absolute atomic E-state index is 11.7. The summed E-state index contributed by atoms with van der Waals surface area (Å²) in [6.07, 6.45) is 5.30. The summed E-state index contributed by atoms with van der Waals surface area (Å²) in [5, 5.41) is 0.112. The Hall–Kier alpha value is -1.02. The van der Waals surface area contributed by atoms with E-state index < -0.39 is 0 Å². The van der Waals surface area contributed by atoms with E-state index >= 15 is 0 Å². The van der Waals surface area contributed by atoms with Crippen LogP contribution in [0.5, 0.6) is 0 Å². The minimum atomic E-state index is 0.112. The SMILES string of the molecule is CC1CCCC1C(Cl)c1ccc2c(c1)CCC(=O)N2C. The van der Waals surface area contributed by atoms with Gasteiger partial charge in [0.15, 0.2) is 0 Å². The Morgan fingerprint density at radius 1 is 1.30 bits per heavy atom. The fourth-order valence-corrected chi connectivity index (χ4v) is 4.21. The first kappa shape index (κ1) is 13.9. The number of benzene rings is 1. The molecule has 3 atom stereocenters. The van der Waals surface area contributed by atoms with E-state index in [0.717, 1.165) is 18.0 Å². The van der Waals surface area contributed by atoms with Gasteiger partial charge < -0.3 is 4.90 Å². The monoisotopic (exact) mass is 291 g/mol. The van der Waals surface area contributed by atoms with Crippen molar-refractivity contribution in [2.24, 2.45) is 11.8 Å². The third-order valence-corrected chi connectivity index (χ3v) is 5.65. The van der Waals surface area contributed by atoms with Crippen LogP contribution in [0, 0.1) is 11.8 Å². The molecule has 20 heavy (non-hydrogen) atoms. The third-order valence-electron chi connectivity index (χ3n) is 5.07. The van der Waals surface area contributed by atoms with Gasteiger partial charge in [-0.2, -0.15) is 0 Å². The number of halogens is 1. The zero-order valence-corrected chi connectivity index (χ0v) is 13.0. The Balaban J connectivity index is 1.87. The second-order valence-corrected chi connectivity index (χ2v) is 6.78. The molecular weight excluding hydrogens is 270 g/mol. The molecule has 1 saturated carbocycles. The van der Waals surface area contributed by atoms with Crippen molar-refractivity contribution < 1.29 is 4.79 Å². The lowest BCUT2D eigenvalue weighted by Crippen LogP contribution is -2.31. The fraction of sp³-hybridized carbons (Fsp3) is 0.588. The largest absolute Gasteiger partial charge is 0.315 e. The number of fused-ring (bicyclic) bond motifs is 1. The highest BCUT2D eigenvalue weighted by Crippen LogP contribution is 2.44. The molecule has 1 aromatic carbocycles.